The van der Waals surface area contributed by atoms with Crippen LogP contribution in [0.5, 0.6) is 0 Å². The van der Waals surface area contributed by atoms with Gasteiger partial charge in [0.2, 0.25) is 0 Å². The number of rotatable bonds is 3. The van der Waals surface area contributed by atoms with Crippen LogP contribution in [0.1, 0.15) is 18.4 Å². The fourth-order valence-corrected chi connectivity index (χ4v) is 5.84. The molecule has 1 aromatic carbocycles. The maximum Gasteiger partial charge on any atom is 0.187 e. The molecule has 0 aliphatic carbocycles. The number of aromatic nitrogens is 1. The standard InChI is InChI=1S/C17H20N4S2/c1-2-14(19-17-18-5-8-22-17)9-16-13(1)10-21(23-16)15-11-20-6-3-12(15)4-7-20/h1-2,5,8-9,12,15H,3-4,6-7,10-11H2,(H,18,19)/t15-/m1/s1. The lowest BCUT2D eigenvalue weighted by atomic mass is 9.84. The van der Waals surface area contributed by atoms with Crippen molar-refractivity contribution in [1.82, 2.24) is 14.2 Å². The molecule has 0 saturated carbocycles. The minimum atomic E-state index is 0.727. The van der Waals surface area contributed by atoms with Crippen LogP contribution in [0.25, 0.3) is 0 Å². The highest BCUT2D eigenvalue weighted by Crippen LogP contribution is 2.43. The van der Waals surface area contributed by atoms with Crippen molar-refractivity contribution in [2.45, 2.75) is 30.3 Å². The first kappa shape index (κ1) is 14.3. The second kappa shape index (κ2) is 5.77. The van der Waals surface area contributed by atoms with Crippen LogP contribution in [0, 0.1) is 5.92 Å². The summed E-state index contributed by atoms with van der Waals surface area (Å²) in [6.45, 7) is 4.98. The fraction of sp³-hybridized carbons (Fsp3) is 0.471. The van der Waals surface area contributed by atoms with Crippen LogP contribution in [-0.2, 0) is 6.54 Å². The molecule has 1 atom stereocenters. The molecule has 5 heterocycles. The molecule has 0 spiro atoms. The monoisotopic (exact) mass is 344 g/mol. The van der Waals surface area contributed by atoms with Crippen molar-refractivity contribution in [2.24, 2.45) is 5.92 Å². The summed E-state index contributed by atoms with van der Waals surface area (Å²) < 4.78 is 2.63. The van der Waals surface area contributed by atoms with Gasteiger partial charge in [0.15, 0.2) is 5.13 Å². The Hall–Kier alpha value is -1.08. The van der Waals surface area contributed by atoms with Gasteiger partial charge in [-0.15, -0.1) is 11.3 Å². The van der Waals surface area contributed by atoms with Crippen LogP contribution in [-0.4, -0.2) is 39.9 Å². The van der Waals surface area contributed by atoms with E-state index < -0.39 is 0 Å². The molecule has 1 aromatic heterocycles. The number of thiazole rings is 1. The first-order valence-electron chi connectivity index (χ1n) is 8.31. The molecule has 1 N–H and O–H groups in total. The van der Waals surface area contributed by atoms with E-state index in [1.807, 2.05) is 23.5 Å². The summed E-state index contributed by atoms with van der Waals surface area (Å²) in [7, 11) is 0. The fourth-order valence-electron chi connectivity index (χ4n) is 4.03. The highest BCUT2D eigenvalue weighted by atomic mass is 32.2. The van der Waals surface area contributed by atoms with Gasteiger partial charge in [-0.05, 0) is 61.5 Å². The lowest BCUT2D eigenvalue weighted by Gasteiger charge is -2.47. The van der Waals surface area contributed by atoms with E-state index in [1.54, 1.807) is 11.3 Å². The summed E-state index contributed by atoms with van der Waals surface area (Å²) in [5.74, 6) is 0.898. The maximum atomic E-state index is 4.30. The summed E-state index contributed by atoms with van der Waals surface area (Å²) >= 11 is 3.60. The lowest BCUT2D eigenvalue weighted by Crippen LogP contribution is -2.54. The molecular formula is C17H20N4S2. The highest BCUT2D eigenvalue weighted by molar-refractivity contribution is 7.97. The molecule has 2 aromatic rings. The molecule has 6 rings (SSSR count). The van der Waals surface area contributed by atoms with Gasteiger partial charge in [-0.2, -0.15) is 0 Å². The third kappa shape index (κ3) is 2.67. The summed E-state index contributed by atoms with van der Waals surface area (Å²) in [6.07, 6.45) is 4.61. The van der Waals surface area contributed by atoms with Crippen LogP contribution < -0.4 is 5.32 Å². The third-order valence-electron chi connectivity index (χ3n) is 5.28. The topological polar surface area (TPSA) is 31.4 Å². The quantitative estimate of drug-likeness (QED) is 0.856. The molecule has 3 fully saturated rings. The minimum Gasteiger partial charge on any atom is -0.332 e. The molecule has 120 valence electrons. The van der Waals surface area contributed by atoms with E-state index in [2.05, 4.69) is 37.7 Å². The van der Waals surface area contributed by atoms with Crippen molar-refractivity contribution in [3.63, 3.8) is 0 Å². The van der Waals surface area contributed by atoms with E-state index in [0.717, 1.165) is 29.3 Å². The van der Waals surface area contributed by atoms with Crippen molar-refractivity contribution < 1.29 is 0 Å². The maximum absolute atomic E-state index is 4.30. The molecule has 4 aliphatic heterocycles. The summed E-state index contributed by atoms with van der Waals surface area (Å²) in [5, 5.41) is 6.36. The molecule has 23 heavy (non-hydrogen) atoms. The van der Waals surface area contributed by atoms with E-state index in [9.17, 15) is 0 Å². The summed E-state index contributed by atoms with van der Waals surface area (Å²) in [4.78, 5) is 8.35. The number of anilines is 2. The van der Waals surface area contributed by atoms with Gasteiger partial charge < -0.3 is 10.2 Å². The smallest absolute Gasteiger partial charge is 0.187 e. The van der Waals surface area contributed by atoms with Crippen molar-refractivity contribution in [3.8, 4) is 0 Å². The first-order chi connectivity index (χ1) is 11.3. The van der Waals surface area contributed by atoms with E-state index in [1.165, 1.54) is 42.9 Å². The molecule has 0 radical (unpaired) electrons. The first-order valence-corrected chi connectivity index (χ1v) is 9.97. The molecule has 6 heteroatoms. The van der Waals surface area contributed by atoms with Gasteiger partial charge in [0.1, 0.15) is 0 Å². The largest absolute Gasteiger partial charge is 0.332 e. The molecule has 0 amide bonds. The molecule has 2 bridgehead atoms. The van der Waals surface area contributed by atoms with E-state index in [4.69, 9.17) is 0 Å². The number of nitrogens with one attached hydrogen (secondary N) is 1. The van der Waals surface area contributed by atoms with Crippen LogP contribution in [0.3, 0.4) is 0 Å². The molecule has 4 nitrogen and oxygen atoms in total. The van der Waals surface area contributed by atoms with Crippen LogP contribution in [0.15, 0.2) is 34.7 Å². The predicted molar refractivity (Wildman–Crippen MR) is 96.2 cm³/mol. The van der Waals surface area contributed by atoms with Gasteiger partial charge >= 0.3 is 0 Å². The van der Waals surface area contributed by atoms with Gasteiger partial charge in [-0.3, -0.25) is 0 Å². The Morgan fingerprint density at radius 2 is 2.13 bits per heavy atom. The molecule has 4 aliphatic rings. The van der Waals surface area contributed by atoms with Crippen LogP contribution >= 0.6 is 23.3 Å². The van der Waals surface area contributed by atoms with Crippen molar-refractivity contribution in [2.75, 3.05) is 25.0 Å². The average molecular weight is 345 g/mol. The summed E-state index contributed by atoms with van der Waals surface area (Å²) in [5.41, 5.74) is 2.61. The van der Waals surface area contributed by atoms with Gasteiger partial charge in [0.25, 0.3) is 0 Å². The Morgan fingerprint density at radius 3 is 2.87 bits per heavy atom. The zero-order chi connectivity index (χ0) is 15.2. The minimum absolute atomic E-state index is 0.727. The molecule has 3 saturated heterocycles. The van der Waals surface area contributed by atoms with Crippen molar-refractivity contribution in [3.05, 3.63) is 35.3 Å². The predicted octanol–water partition coefficient (Wildman–Crippen LogP) is 3.80. The molecular weight excluding hydrogens is 324 g/mol. The zero-order valence-corrected chi connectivity index (χ0v) is 14.6. The number of piperidine rings is 3. The Labute approximate surface area is 145 Å². The number of hydrogen-bond acceptors (Lipinski definition) is 6. The number of hydrogen-bond donors (Lipinski definition) is 1. The Bertz CT molecular complexity index is 695. The Balaban J connectivity index is 1.33. The lowest BCUT2D eigenvalue weighted by molar-refractivity contribution is 0.0420. The molecule has 0 unspecified atom stereocenters. The number of fused-ring (bicyclic) bond motifs is 4. The highest BCUT2D eigenvalue weighted by Gasteiger charge is 2.39. The normalized spacial score (nSPS) is 29.7. The number of nitrogens with zero attached hydrogens (tertiary/aromatic N) is 3. The van der Waals surface area contributed by atoms with Crippen molar-refractivity contribution >= 4 is 34.1 Å². The van der Waals surface area contributed by atoms with Gasteiger partial charge in [0, 0.05) is 41.3 Å². The van der Waals surface area contributed by atoms with Gasteiger partial charge in [-0.25, -0.2) is 9.29 Å². The second-order valence-electron chi connectivity index (χ2n) is 6.66. The Morgan fingerprint density at radius 1 is 1.22 bits per heavy atom. The van der Waals surface area contributed by atoms with Gasteiger partial charge in [0.05, 0.1) is 0 Å². The zero-order valence-electron chi connectivity index (χ0n) is 12.9. The van der Waals surface area contributed by atoms with Crippen molar-refractivity contribution in [1.29, 1.82) is 0 Å². The summed E-state index contributed by atoms with van der Waals surface area (Å²) in [6, 6.07) is 7.47. The Kier molecular flexibility index (Phi) is 3.58. The van der Waals surface area contributed by atoms with Crippen LogP contribution in [0.2, 0.25) is 0 Å². The second-order valence-corrected chi connectivity index (χ2v) is 8.64. The third-order valence-corrected chi connectivity index (χ3v) is 7.18. The van der Waals surface area contributed by atoms with E-state index in [-0.39, 0.29) is 0 Å². The SMILES string of the molecule is c1csc(Nc2ccc3c(c2)SN([C@@H]2CN4CCC2CC4)C3)n1. The van der Waals surface area contributed by atoms with E-state index in [0.29, 0.717) is 0 Å². The van der Waals surface area contributed by atoms with Crippen LogP contribution in [0.4, 0.5) is 10.8 Å². The average Bonchev–Trinajstić information content (AvgIpc) is 3.25. The van der Waals surface area contributed by atoms with Gasteiger partial charge in [-0.1, -0.05) is 6.07 Å². The number of benzene rings is 1. The van der Waals surface area contributed by atoms with E-state index >= 15 is 0 Å².